The van der Waals surface area contributed by atoms with Gasteiger partial charge in [0.15, 0.2) is 11.5 Å². The van der Waals surface area contributed by atoms with Gasteiger partial charge in [-0.25, -0.2) is 9.07 Å². The van der Waals surface area contributed by atoms with Crippen molar-refractivity contribution >= 4 is 36.7 Å². The van der Waals surface area contributed by atoms with E-state index in [0.29, 0.717) is 36.0 Å². The van der Waals surface area contributed by atoms with Crippen LogP contribution in [0.15, 0.2) is 48.9 Å². The monoisotopic (exact) mass is 646 g/mol. The van der Waals surface area contributed by atoms with Gasteiger partial charge in [-0.05, 0) is 50.4 Å². The van der Waals surface area contributed by atoms with Gasteiger partial charge in [-0.1, -0.05) is 31.8 Å². The molecule has 5 aromatic rings. The molecule has 1 fully saturated rings. The van der Waals surface area contributed by atoms with Crippen molar-refractivity contribution in [1.29, 1.82) is 0 Å². The SMILES string of the molecule is COc1ccc(CN(C)c2nc(Nc3cc(C(C)(C)n4nccn4)nn3C3CC3)nc3c2c(F)cn3COCC[Si](C)(C)C)cc1. The first-order valence-corrected chi connectivity index (χ1v) is 19.4. The summed E-state index contributed by atoms with van der Waals surface area (Å²) in [5.74, 6) is 1.95. The molecule has 1 aliphatic rings. The Labute approximate surface area is 269 Å². The summed E-state index contributed by atoms with van der Waals surface area (Å²) >= 11 is 0. The summed E-state index contributed by atoms with van der Waals surface area (Å²) in [6, 6.07) is 11.1. The van der Waals surface area contributed by atoms with Crippen molar-refractivity contribution in [3.8, 4) is 5.75 Å². The molecule has 4 aromatic heterocycles. The molecule has 1 aromatic carbocycles. The van der Waals surface area contributed by atoms with E-state index in [-0.39, 0.29) is 12.8 Å². The third-order valence-corrected chi connectivity index (χ3v) is 9.94. The first-order chi connectivity index (χ1) is 21.9. The van der Waals surface area contributed by atoms with Crippen molar-refractivity contribution in [3.05, 3.63) is 66.0 Å². The summed E-state index contributed by atoms with van der Waals surface area (Å²) in [7, 11) is 2.27. The van der Waals surface area contributed by atoms with Gasteiger partial charge in [-0.2, -0.15) is 30.1 Å². The highest BCUT2D eigenvalue weighted by Gasteiger charge is 2.34. The summed E-state index contributed by atoms with van der Waals surface area (Å²) in [4.78, 5) is 13.3. The minimum Gasteiger partial charge on any atom is -0.497 e. The Bertz CT molecular complexity index is 1790. The van der Waals surface area contributed by atoms with Crippen LogP contribution in [0.25, 0.3) is 11.0 Å². The molecule has 12 nitrogen and oxygen atoms in total. The number of nitrogens with zero attached hydrogens (tertiary/aromatic N) is 9. The molecule has 1 N–H and O–H groups in total. The van der Waals surface area contributed by atoms with Gasteiger partial charge >= 0.3 is 0 Å². The second kappa shape index (κ2) is 12.5. The second-order valence-corrected chi connectivity index (χ2v) is 19.3. The molecule has 0 atom stereocenters. The van der Waals surface area contributed by atoms with Crippen molar-refractivity contribution in [2.75, 3.05) is 31.0 Å². The molecule has 0 saturated heterocycles. The first kappa shape index (κ1) is 31.7. The van der Waals surface area contributed by atoms with Gasteiger partial charge in [0.25, 0.3) is 0 Å². The quantitative estimate of drug-likeness (QED) is 0.112. The van der Waals surface area contributed by atoms with Gasteiger partial charge in [0, 0.05) is 40.5 Å². The maximum absolute atomic E-state index is 15.7. The average Bonchev–Trinajstić information content (AvgIpc) is 3.38. The van der Waals surface area contributed by atoms with E-state index in [1.807, 2.05) is 60.8 Å². The highest BCUT2D eigenvalue weighted by molar-refractivity contribution is 6.76. The third kappa shape index (κ3) is 6.77. The van der Waals surface area contributed by atoms with E-state index in [2.05, 4.69) is 35.2 Å². The number of methoxy groups -OCH3 is 1. The Morgan fingerprint density at radius 1 is 1.09 bits per heavy atom. The van der Waals surface area contributed by atoms with Crippen molar-refractivity contribution in [1.82, 2.24) is 39.3 Å². The molecule has 0 spiro atoms. The van der Waals surface area contributed by atoms with E-state index in [9.17, 15) is 0 Å². The predicted molar refractivity (Wildman–Crippen MR) is 179 cm³/mol. The second-order valence-electron chi connectivity index (χ2n) is 13.7. The summed E-state index contributed by atoms with van der Waals surface area (Å²) in [5, 5.41) is 17.5. The molecular formula is C32H43FN10O2Si. The van der Waals surface area contributed by atoms with E-state index in [0.717, 1.165) is 41.7 Å². The van der Waals surface area contributed by atoms with Gasteiger partial charge in [0.2, 0.25) is 5.95 Å². The zero-order valence-electron chi connectivity index (χ0n) is 27.7. The molecule has 4 heterocycles. The number of hydrogen-bond donors (Lipinski definition) is 1. The van der Waals surface area contributed by atoms with Gasteiger partial charge in [-0.3, -0.25) is 0 Å². The lowest BCUT2D eigenvalue weighted by atomic mass is 10.0. The number of fused-ring (bicyclic) bond motifs is 1. The van der Waals surface area contributed by atoms with Crippen molar-refractivity contribution in [2.45, 2.75) is 77.2 Å². The number of hydrogen-bond acceptors (Lipinski definition) is 9. The standard InChI is InChI=1S/C32H43FN10O2Si/c1-32(2,43-34-14-15-35-43)26-18-27(42(39-26)23-10-11-23)36-31-37-29(40(3)19-22-8-12-24(44-4)13-9-22)28-25(33)20-41(30(28)38-31)21-45-16-17-46(5,6)7/h8-9,12-15,18,20,23H,10-11,16-17,19,21H2,1-7H3,(H,36,37,38). The summed E-state index contributed by atoms with van der Waals surface area (Å²) in [6.07, 6.45) is 6.85. The highest BCUT2D eigenvalue weighted by Crippen LogP contribution is 2.39. The minimum absolute atomic E-state index is 0.193. The molecule has 0 radical (unpaired) electrons. The molecule has 0 aliphatic heterocycles. The van der Waals surface area contributed by atoms with E-state index in [1.54, 1.807) is 28.9 Å². The largest absolute Gasteiger partial charge is 0.497 e. The number of rotatable bonds is 14. The average molecular weight is 647 g/mol. The highest BCUT2D eigenvalue weighted by atomic mass is 28.3. The van der Waals surface area contributed by atoms with Crippen LogP contribution in [0.4, 0.5) is 22.0 Å². The zero-order valence-corrected chi connectivity index (χ0v) is 28.7. The third-order valence-electron chi connectivity index (χ3n) is 8.23. The van der Waals surface area contributed by atoms with Gasteiger partial charge in [-0.15, -0.1) is 0 Å². The summed E-state index contributed by atoms with van der Waals surface area (Å²) in [5.41, 5.74) is 1.71. The van der Waals surface area contributed by atoms with E-state index >= 15 is 4.39 Å². The van der Waals surface area contributed by atoms with E-state index in [4.69, 9.17) is 24.5 Å². The van der Waals surface area contributed by atoms with Crippen LogP contribution >= 0.6 is 0 Å². The van der Waals surface area contributed by atoms with Crippen molar-refractivity contribution < 1.29 is 13.9 Å². The summed E-state index contributed by atoms with van der Waals surface area (Å²) in [6.45, 7) is 12.3. The Kier molecular flexibility index (Phi) is 8.59. The van der Waals surface area contributed by atoms with Crippen LogP contribution in [-0.4, -0.2) is 68.1 Å². The molecule has 244 valence electrons. The lowest BCUT2D eigenvalue weighted by Gasteiger charge is -2.21. The normalized spacial score (nSPS) is 13.8. The molecule has 0 unspecified atom stereocenters. The first-order valence-electron chi connectivity index (χ1n) is 15.6. The van der Waals surface area contributed by atoms with Gasteiger partial charge in [0.1, 0.15) is 29.7 Å². The van der Waals surface area contributed by atoms with Crippen LogP contribution in [0.5, 0.6) is 5.75 Å². The molecule has 46 heavy (non-hydrogen) atoms. The maximum atomic E-state index is 15.7. The number of nitrogens with one attached hydrogen (secondary N) is 1. The van der Waals surface area contributed by atoms with Crippen LogP contribution in [0.1, 0.15) is 44.0 Å². The number of aromatic nitrogens is 8. The Morgan fingerprint density at radius 2 is 1.80 bits per heavy atom. The minimum atomic E-state index is -1.28. The molecule has 0 amide bonds. The Hall–Kier alpha value is -4.30. The number of ether oxygens (including phenoxy) is 2. The van der Waals surface area contributed by atoms with Crippen LogP contribution < -0.4 is 15.0 Å². The number of anilines is 3. The van der Waals surface area contributed by atoms with E-state index < -0.39 is 19.4 Å². The zero-order chi connectivity index (χ0) is 32.6. The summed E-state index contributed by atoms with van der Waals surface area (Å²) < 4.78 is 30.8. The van der Waals surface area contributed by atoms with Gasteiger partial charge < -0.3 is 24.3 Å². The fourth-order valence-electron chi connectivity index (χ4n) is 5.28. The number of benzene rings is 1. The molecular weight excluding hydrogens is 604 g/mol. The smallest absolute Gasteiger partial charge is 0.232 e. The predicted octanol–water partition coefficient (Wildman–Crippen LogP) is 6.18. The van der Waals surface area contributed by atoms with Crippen LogP contribution in [0, 0.1) is 5.82 Å². The topological polar surface area (TPSA) is 113 Å². The molecule has 6 rings (SSSR count). The molecule has 1 aliphatic carbocycles. The molecule has 1 saturated carbocycles. The fraction of sp³-hybridized carbons (Fsp3) is 0.469. The van der Waals surface area contributed by atoms with Crippen LogP contribution in [0.2, 0.25) is 25.7 Å². The lowest BCUT2D eigenvalue weighted by Crippen LogP contribution is -2.30. The number of halogens is 1. The Balaban J connectivity index is 1.37. The fourth-order valence-corrected chi connectivity index (χ4v) is 6.04. The Morgan fingerprint density at radius 3 is 2.46 bits per heavy atom. The van der Waals surface area contributed by atoms with Gasteiger partial charge in [0.05, 0.1) is 36.6 Å². The molecule has 14 heteroatoms. The van der Waals surface area contributed by atoms with Crippen LogP contribution in [0.3, 0.4) is 0 Å². The maximum Gasteiger partial charge on any atom is 0.232 e. The van der Waals surface area contributed by atoms with Crippen LogP contribution in [-0.2, 0) is 23.6 Å². The van der Waals surface area contributed by atoms with Crippen molar-refractivity contribution in [3.63, 3.8) is 0 Å². The van der Waals surface area contributed by atoms with Crippen molar-refractivity contribution in [2.24, 2.45) is 0 Å². The molecule has 0 bridgehead atoms. The van der Waals surface area contributed by atoms with E-state index in [1.165, 1.54) is 6.20 Å². The lowest BCUT2D eigenvalue weighted by molar-refractivity contribution is 0.0895.